The van der Waals surface area contributed by atoms with Gasteiger partial charge in [0.1, 0.15) is 29.8 Å². The fraction of sp³-hybridized carbons (Fsp3) is 0.192. The number of carbonyl (C=O) groups is 2. The Hall–Kier alpha value is -3.52. The fourth-order valence-corrected chi connectivity index (χ4v) is 3.57. The number of methoxy groups -OCH3 is 1. The Labute approximate surface area is 205 Å². The smallest absolute Gasteiger partial charge is 0.315 e. The number of nitrogens with zero attached hydrogens (tertiary/aromatic N) is 1. The van der Waals surface area contributed by atoms with E-state index in [1.165, 1.54) is 18.3 Å². The summed E-state index contributed by atoms with van der Waals surface area (Å²) < 4.78 is 30.0. The lowest BCUT2D eigenvalue weighted by molar-refractivity contribution is -0.144. The number of halogens is 2. The number of benzene rings is 2. The number of ether oxygens (including phenoxy) is 3. The number of hydrogen-bond donors (Lipinski definition) is 0. The summed E-state index contributed by atoms with van der Waals surface area (Å²) >= 11 is 3.20. The van der Waals surface area contributed by atoms with Crippen LogP contribution in [0.3, 0.4) is 0 Å². The zero-order chi connectivity index (χ0) is 24.5. The molecule has 0 fully saturated rings. The predicted octanol–water partition coefficient (Wildman–Crippen LogP) is 5.66. The summed E-state index contributed by atoms with van der Waals surface area (Å²) in [6.45, 7) is 3.51. The molecule has 1 heterocycles. The zero-order valence-electron chi connectivity index (χ0n) is 18.5. The Morgan fingerprint density at radius 1 is 1.12 bits per heavy atom. The lowest BCUT2D eigenvalue weighted by Crippen LogP contribution is -2.21. The Bertz CT molecular complexity index is 1150. The number of allylic oxidation sites excluding steroid dienone is 1. The van der Waals surface area contributed by atoms with Crippen LogP contribution in [-0.2, 0) is 16.1 Å². The van der Waals surface area contributed by atoms with Crippen LogP contribution in [-0.4, -0.2) is 30.5 Å². The second-order valence-corrected chi connectivity index (χ2v) is 8.14. The lowest BCUT2D eigenvalue weighted by atomic mass is 10.0. The van der Waals surface area contributed by atoms with Crippen molar-refractivity contribution >= 4 is 27.7 Å². The van der Waals surface area contributed by atoms with Crippen LogP contribution in [0.2, 0.25) is 0 Å². The molecule has 3 aromatic rings. The molecule has 6 nitrogen and oxygen atoms in total. The van der Waals surface area contributed by atoms with Gasteiger partial charge in [-0.1, -0.05) is 34.1 Å². The van der Waals surface area contributed by atoms with Crippen molar-refractivity contribution in [3.05, 3.63) is 101 Å². The number of rotatable bonds is 11. The van der Waals surface area contributed by atoms with Gasteiger partial charge >= 0.3 is 5.97 Å². The highest BCUT2D eigenvalue weighted by molar-refractivity contribution is 9.10. The number of aromatic nitrogens is 1. The van der Waals surface area contributed by atoms with E-state index in [0.717, 1.165) is 17.4 Å². The second-order valence-electron chi connectivity index (χ2n) is 7.29. The first kappa shape index (κ1) is 25.1. The van der Waals surface area contributed by atoms with Crippen LogP contribution < -0.4 is 9.47 Å². The number of pyridine rings is 1. The largest absolute Gasteiger partial charge is 0.497 e. The van der Waals surface area contributed by atoms with Crippen LogP contribution in [0.25, 0.3) is 0 Å². The molecular weight excluding hydrogens is 505 g/mol. The standard InChI is InChI=1S/C26H23BrFNO5/c1-3-4-21(26(31)34-16-25(30)22-13-18(28)7-11-23(22)27)24-12-10-20(14-29-24)33-15-17-5-8-19(32-2)9-6-17/h3,5-14,21H,1,4,15-16H2,2H3. The summed E-state index contributed by atoms with van der Waals surface area (Å²) in [6.07, 6.45) is 3.37. The summed E-state index contributed by atoms with van der Waals surface area (Å²) in [6, 6.07) is 14.6. The minimum atomic E-state index is -0.739. The molecule has 3 rings (SSSR count). The van der Waals surface area contributed by atoms with Crippen LogP contribution in [0.15, 0.2) is 77.9 Å². The van der Waals surface area contributed by atoms with Crippen molar-refractivity contribution in [2.24, 2.45) is 0 Å². The van der Waals surface area contributed by atoms with Gasteiger partial charge in [0.2, 0.25) is 5.78 Å². The van der Waals surface area contributed by atoms with E-state index in [1.54, 1.807) is 25.3 Å². The summed E-state index contributed by atoms with van der Waals surface area (Å²) in [7, 11) is 1.61. The number of ketones is 1. The molecule has 34 heavy (non-hydrogen) atoms. The van der Waals surface area contributed by atoms with Crippen molar-refractivity contribution in [1.82, 2.24) is 4.98 Å². The molecule has 1 atom stereocenters. The van der Waals surface area contributed by atoms with Gasteiger partial charge in [0.05, 0.1) is 19.0 Å². The third-order valence-electron chi connectivity index (χ3n) is 4.94. The second kappa shape index (κ2) is 12.1. The predicted molar refractivity (Wildman–Crippen MR) is 129 cm³/mol. The van der Waals surface area contributed by atoms with Crippen molar-refractivity contribution in [3.63, 3.8) is 0 Å². The molecule has 176 valence electrons. The maximum Gasteiger partial charge on any atom is 0.315 e. The normalized spacial score (nSPS) is 11.4. The summed E-state index contributed by atoms with van der Waals surface area (Å²) in [5.74, 6) is -1.14. The molecule has 1 unspecified atom stereocenters. The average molecular weight is 528 g/mol. The molecule has 0 spiro atoms. The lowest BCUT2D eigenvalue weighted by Gasteiger charge is -2.15. The quantitative estimate of drug-likeness (QED) is 0.182. The van der Waals surface area contributed by atoms with Crippen LogP contribution in [0.4, 0.5) is 4.39 Å². The monoisotopic (exact) mass is 527 g/mol. The minimum absolute atomic E-state index is 0.101. The summed E-state index contributed by atoms with van der Waals surface area (Å²) in [5, 5.41) is 0. The highest BCUT2D eigenvalue weighted by Gasteiger charge is 2.24. The highest BCUT2D eigenvalue weighted by Crippen LogP contribution is 2.24. The van der Waals surface area contributed by atoms with E-state index >= 15 is 0 Å². The fourth-order valence-electron chi connectivity index (χ4n) is 3.10. The van der Waals surface area contributed by atoms with Gasteiger partial charge in [0.15, 0.2) is 6.61 Å². The minimum Gasteiger partial charge on any atom is -0.497 e. The first-order chi connectivity index (χ1) is 16.4. The third kappa shape index (κ3) is 6.74. The van der Waals surface area contributed by atoms with Crippen LogP contribution >= 0.6 is 15.9 Å². The Morgan fingerprint density at radius 3 is 2.50 bits per heavy atom. The number of esters is 1. The van der Waals surface area contributed by atoms with E-state index in [0.29, 0.717) is 22.5 Å². The molecule has 0 bridgehead atoms. The molecule has 0 radical (unpaired) electrons. The van der Waals surface area contributed by atoms with Gasteiger partial charge in [-0.3, -0.25) is 14.6 Å². The molecule has 2 aromatic carbocycles. The molecule has 0 aliphatic rings. The molecule has 0 N–H and O–H groups in total. The number of carbonyl (C=O) groups excluding carboxylic acids is 2. The molecule has 1 aromatic heterocycles. The summed E-state index contributed by atoms with van der Waals surface area (Å²) in [4.78, 5) is 29.4. The average Bonchev–Trinajstić information content (AvgIpc) is 2.86. The zero-order valence-corrected chi connectivity index (χ0v) is 20.1. The van der Waals surface area contributed by atoms with Crippen LogP contribution in [0.1, 0.15) is 34.0 Å². The van der Waals surface area contributed by atoms with E-state index in [1.807, 2.05) is 24.3 Å². The van der Waals surface area contributed by atoms with Gasteiger partial charge in [-0.25, -0.2) is 4.39 Å². The number of Topliss-reactive ketones (excluding diaryl/α,β-unsaturated/α-hetero) is 1. The highest BCUT2D eigenvalue weighted by atomic mass is 79.9. The first-order valence-corrected chi connectivity index (χ1v) is 11.2. The van der Waals surface area contributed by atoms with Crippen molar-refractivity contribution in [2.75, 3.05) is 13.7 Å². The van der Waals surface area contributed by atoms with E-state index in [-0.39, 0.29) is 12.0 Å². The van der Waals surface area contributed by atoms with Gasteiger partial charge < -0.3 is 14.2 Å². The van der Waals surface area contributed by atoms with Gasteiger partial charge in [-0.15, -0.1) is 6.58 Å². The van der Waals surface area contributed by atoms with Crippen LogP contribution in [0.5, 0.6) is 11.5 Å². The maximum atomic E-state index is 13.5. The molecule has 0 saturated heterocycles. The third-order valence-corrected chi connectivity index (χ3v) is 5.63. The van der Waals surface area contributed by atoms with Crippen molar-refractivity contribution in [2.45, 2.75) is 18.9 Å². The molecule has 0 aliphatic heterocycles. The SMILES string of the molecule is C=CCC(C(=O)OCC(=O)c1cc(F)ccc1Br)c1ccc(OCc2ccc(OC)cc2)cn1. The molecule has 8 heteroatoms. The molecule has 0 aliphatic carbocycles. The van der Waals surface area contributed by atoms with E-state index < -0.39 is 30.1 Å². The van der Waals surface area contributed by atoms with Crippen molar-refractivity contribution in [3.8, 4) is 11.5 Å². The first-order valence-electron chi connectivity index (χ1n) is 10.4. The van der Waals surface area contributed by atoms with Crippen molar-refractivity contribution in [1.29, 1.82) is 0 Å². The Morgan fingerprint density at radius 2 is 1.85 bits per heavy atom. The van der Waals surface area contributed by atoms with E-state index in [9.17, 15) is 14.0 Å². The van der Waals surface area contributed by atoms with E-state index in [2.05, 4.69) is 27.5 Å². The summed E-state index contributed by atoms with van der Waals surface area (Å²) in [5.41, 5.74) is 1.53. The maximum absolute atomic E-state index is 13.5. The van der Waals surface area contributed by atoms with Gasteiger partial charge in [0.25, 0.3) is 0 Å². The molecular formula is C26H23BrFNO5. The van der Waals surface area contributed by atoms with Gasteiger partial charge in [0, 0.05) is 10.0 Å². The topological polar surface area (TPSA) is 74.7 Å². The number of hydrogen-bond acceptors (Lipinski definition) is 6. The Kier molecular flexibility index (Phi) is 8.93. The Balaban J connectivity index is 1.60. The van der Waals surface area contributed by atoms with E-state index in [4.69, 9.17) is 14.2 Å². The molecule has 0 saturated carbocycles. The van der Waals surface area contributed by atoms with Gasteiger partial charge in [-0.2, -0.15) is 0 Å². The van der Waals surface area contributed by atoms with Crippen molar-refractivity contribution < 1.29 is 28.2 Å². The molecule has 0 amide bonds. The van der Waals surface area contributed by atoms with Gasteiger partial charge in [-0.05, 0) is 54.4 Å². The van der Waals surface area contributed by atoms with Crippen LogP contribution in [0, 0.1) is 5.82 Å².